The van der Waals surface area contributed by atoms with Crippen LogP contribution in [0.1, 0.15) is 34.3 Å². The molecule has 140 valence electrons. The molecule has 8 heteroatoms. The van der Waals surface area contributed by atoms with E-state index in [0.29, 0.717) is 21.5 Å². The van der Waals surface area contributed by atoms with E-state index in [9.17, 15) is 14.7 Å². The molecule has 0 spiro atoms. The molecule has 7 nitrogen and oxygen atoms in total. The van der Waals surface area contributed by atoms with Gasteiger partial charge in [0.1, 0.15) is 16.4 Å². The molecule has 1 aromatic carbocycles. The Morgan fingerprint density at radius 1 is 1.33 bits per heavy atom. The van der Waals surface area contributed by atoms with Gasteiger partial charge in [0.25, 0.3) is 5.56 Å². The minimum atomic E-state index is -0.408. The summed E-state index contributed by atoms with van der Waals surface area (Å²) in [6.07, 6.45) is -0.0994. The van der Waals surface area contributed by atoms with Crippen LogP contribution >= 0.6 is 11.3 Å². The third kappa shape index (κ3) is 3.90. The van der Waals surface area contributed by atoms with Gasteiger partial charge in [0.15, 0.2) is 0 Å². The Morgan fingerprint density at radius 3 is 2.81 bits per heavy atom. The zero-order chi connectivity index (χ0) is 19.7. The number of benzene rings is 1. The highest BCUT2D eigenvalue weighted by atomic mass is 32.1. The van der Waals surface area contributed by atoms with Crippen LogP contribution in [0.4, 0.5) is 0 Å². The molecule has 2 aromatic heterocycles. The highest BCUT2D eigenvalue weighted by Gasteiger charge is 2.14. The van der Waals surface area contributed by atoms with Crippen molar-refractivity contribution < 1.29 is 9.90 Å². The first-order valence-corrected chi connectivity index (χ1v) is 9.20. The summed E-state index contributed by atoms with van der Waals surface area (Å²) in [5, 5.41) is 14.5. The summed E-state index contributed by atoms with van der Waals surface area (Å²) in [6.45, 7) is 7.42. The van der Waals surface area contributed by atoms with E-state index in [1.807, 2.05) is 20.8 Å². The molecule has 1 amide bonds. The summed E-state index contributed by atoms with van der Waals surface area (Å²) in [6, 6.07) is 5.16. The lowest BCUT2D eigenvalue weighted by atomic mass is 10.1. The molecule has 3 N–H and O–H groups in total. The average Bonchev–Trinajstić information content (AvgIpc) is 2.89. The number of aromatic amines is 1. The summed E-state index contributed by atoms with van der Waals surface area (Å²) >= 11 is 1.43. The van der Waals surface area contributed by atoms with E-state index in [4.69, 9.17) is 0 Å². The van der Waals surface area contributed by atoms with Crippen LogP contribution in [-0.4, -0.2) is 26.7 Å². The van der Waals surface area contributed by atoms with Crippen LogP contribution in [0, 0.1) is 20.8 Å². The predicted molar refractivity (Wildman–Crippen MR) is 107 cm³/mol. The topological polar surface area (TPSA) is 107 Å². The lowest BCUT2D eigenvalue weighted by Crippen LogP contribution is -2.24. The molecule has 3 aromatic rings. The number of H-pyrrole nitrogens is 1. The van der Waals surface area contributed by atoms with Crippen LogP contribution in [-0.2, 0) is 11.2 Å². The Morgan fingerprint density at radius 2 is 2.07 bits per heavy atom. The van der Waals surface area contributed by atoms with E-state index in [1.165, 1.54) is 11.3 Å². The van der Waals surface area contributed by atoms with E-state index in [-0.39, 0.29) is 23.6 Å². The second-order valence-corrected chi connectivity index (χ2v) is 7.61. The van der Waals surface area contributed by atoms with E-state index in [1.54, 1.807) is 25.1 Å². The first kappa shape index (κ1) is 18.8. The molecule has 2 heterocycles. The summed E-state index contributed by atoms with van der Waals surface area (Å²) in [5.41, 5.74) is 5.11. The second kappa shape index (κ2) is 7.32. The smallest absolute Gasteiger partial charge is 0.259 e. The number of phenolic OH excluding ortho intramolecular Hbond substituents is 1. The van der Waals surface area contributed by atoms with E-state index >= 15 is 0 Å². The third-order valence-corrected chi connectivity index (χ3v) is 5.41. The normalized spacial score (nSPS) is 11.8. The lowest BCUT2D eigenvalue weighted by molar-refractivity contribution is -0.120. The number of aromatic hydroxyl groups is 1. The number of hydrogen-bond acceptors (Lipinski definition) is 6. The number of fused-ring (bicyclic) bond motifs is 1. The quantitative estimate of drug-likeness (QED) is 0.475. The Hall–Kier alpha value is -3.00. The van der Waals surface area contributed by atoms with Crippen molar-refractivity contribution in [1.82, 2.24) is 15.4 Å². The number of phenols is 1. The maximum atomic E-state index is 12.3. The minimum Gasteiger partial charge on any atom is -0.507 e. The van der Waals surface area contributed by atoms with Gasteiger partial charge in [-0.05, 0) is 45.4 Å². The largest absolute Gasteiger partial charge is 0.507 e. The Bertz CT molecular complexity index is 1130. The van der Waals surface area contributed by atoms with Gasteiger partial charge >= 0.3 is 0 Å². The number of hydrogen-bond donors (Lipinski definition) is 3. The van der Waals surface area contributed by atoms with Gasteiger partial charge in [-0.3, -0.25) is 9.59 Å². The zero-order valence-electron chi connectivity index (χ0n) is 15.5. The SMILES string of the molecule is C/C(=N\NC(=O)Cc1nc2sc(C)c(C)c2c(=O)[nH]1)c1cc(C)ccc1O. The standard InChI is InChI=1S/C19H20N4O3S/c1-9-5-6-14(24)13(7-9)11(3)22-23-16(25)8-15-20-18(26)17-10(2)12(4)27-19(17)21-15/h5-7,24H,8H2,1-4H3,(H,23,25)(H,20,21,26)/b22-11+. The van der Waals surface area contributed by atoms with E-state index in [2.05, 4.69) is 20.5 Å². The molecule has 0 radical (unpaired) electrons. The summed E-state index contributed by atoms with van der Waals surface area (Å²) in [7, 11) is 0. The number of thiophene rings is 1. The lowest BCUT2D eigenvalue weighted by Gasteiger charge is -2.06. The van der Waals surface area contributed by atoms with Crippen LogP contribution in [0.2, 0.25) is 0 Å². The minimum absolute atomic E-state index is 0.0935. The molecule has 0 saturated carbocycles. The van der Waals surface area contributed by atoms with Crippen LogP contribution in [0.3, 0.4) is 0 Å². The van der Waals surface area contributed by atoms with Crippen LogP contribution < -0.4 is 11.0 Å². The maximum Gasteiger partial charge on any atom is 0.259 e. The molecule has 3 rings (SSSR count). The number of nitrogens with zero attached hydrogens (tertiary/aromatic N) is 2. The van der Waals surface area contributed by atoms with Crippen molar-refractivity contribution in [1.29, 1.82) is 0 Å². The molecular weight excluding hydrogens is 364 g/mol. The first-order valence-electron chi connectivity index (χ1n) is 8.38. The molecule has 0 atom stereocenters. The fraction of sp³-hybridized carbons (Fsp3) is 0.263. The van der Waals surface area contributed by atoms with Crippen molar-refractivity contribution in [2.24, 2.45) is 5.10 Å². The molecule has 0 aliphatic rings. The van der Waals surface area contributed by atoms with Gasteiger partial charge in [-0.1, -0.05) is 11.6 Å². The number of rotatable bonds is 4. The second-order valence-electron chi connectivity index (χ2n) is 6.41. The van der Waals surface area contributed by atoms with Gasteiger partial charge in [-0.25, -0.2) is 10.4 Å². The fourth-order valence-electron chi connectivity index (χ4n) is 2.72. The highest BCUT2D eigenvalue weighted by molar-refractivity contribution is 7.18. The molecule has 27 heavy (non-hydrogen) atoms. The highest BCUT2D eigenvalue weighted by Crippen LogP contribution is 2.25. The molecule has 0 aliphatic carbocycles. The number of amides is 1. The number of carbonyl (C=O) groups is 1. The number of aryl methyl sites for hydroxylation is 3. The Balaban J connectivity index is 1.77. The number of carbonyl (C=O) groups excluding carboxylic acids is 1. The monoisotopic (exact) mass is 384 g/mol. The van der Waals surface area contributed by atoms with Crippen molar-refractivity contribution in [2.45, 2.75) is 34.1 Å². The van der Waals surface area contributed by atoms with Crippen LogP contribution in [0.15, 0.2) is 28.1 Å². The summed E-state index contributed by atoms with van der Waals surface area (Å²) in [5.74, 6) is -0.0255. The maximum absolute atomic E-state index is 12.3. The van der Waals surface area contributed by atoms with Crippen molar-refractivity contribution in [2.75, 3.05) is 0 Å². The molecule has 0 saturated heterocycles. The average molecular weight is 384 g/mol. The van der Waals surface area contributed by atoms with E-state index in [0.717, 1.165) is 16.0 Å². The van der Waals surface area contributed by atoms with Crippen LogP contribution in [0.25, 0.3) is 10.2 Å². The van der Waals surface area contributed by atoms with Gasteiger partial charge in [-0.15, -0.1) is 11.3 Å². The fourth-order valence-corrected chi connectivity index (χ4v) is 3.77. The van der Waals surface area contributed by atoms with Gasteiger partial charge in [-0.2, -0.15) is 5.10 Å². The summed E-state index contributed by atoms with van der Waals surface area (Å²) in [4.78, 5) is 33.1. The van der Waals surface area contributed by atoms with Crippen LogP contribution in [0.5, 0.6) is 5.75 Å². The molecule has 0 unspecified atom stereocenters. The summed E-state index contributed by atoms with van der Waals surface area (Å²) < 4.78 is 0. The van der Waals surface area contributed by atoms with E-state index < -0.39 is 5.91 Å². The molecule has 0 fully saturated rings. The van der Waals surface area contributed by atoms with Crippen molar-refractivity contribution in [3.05, 3.63) is 55.9 Å². The molecule has 0 aliphatic heterocycles. The predicted octanol–water partition coefficient (Wildman–Crippen LogP) is 2.70. The number of hydrazone groups is 1. The first-order chi connectivity index (χ1) is 12.8. The molecule has 0 bridgehead atoms. The van der Waals surface area contributed by atoms with Gasteiger partial charge in [0.2, 0.25) is 5.91 Å². The van der Waals surface area contributed by atoms with Gasteiger partial charge < -0.3 is 10.1 Å². The van der Waals surface area contributed by atoms with Crippen molar-refractivity contribution in [3.8, 4) is 5.75 Å². The Labute approximate surface area is 159 Å². The number of aromatic nitrogens is 2. The van der Waals surface area contributed by atoms with Gasteiger partial charge in [0.05, 0.1) is 17.5 Å². The number of nitrogens with one attached hydrogen (secondary N) is 2. The zero-order valence-corrected chi connectivity index (χ0v) is 16.3. The third-order valence-electron chi connectivity index (χ3n) is 4.31. The van der Waals surface area contributed by atoms with Gasteiger partial charge in [0, 0.05) is 10.4 Å². The Kier molecular flexibility index (Phi) is 5.09. The molecular formula is C19H20N4O3S. The van der Waals surface area contributed by atoms with Crippen molar-refractivity contribution >= 4 is 33.2 Å². The van der Waals surface area contributed by atoms with Crippen molar-refractivity contribution in [3.63, 3.8) is 0 Å².